The molecule has 4 heteroatoms. The Morgan fingerprint density at radius 1 is 1.00 bits per heavy atom. The van der Waals surface area contributed by atoms with Gasteiger partial charge in [0.1, 0.15) is 0 Å². The van der Waals surface area contributed by atoms with Crippen molar-refractivity contribution in [2.45, 2.75) is 6.04 Å². The van der Waals surface area contributed by atoms with Crippen molar-refractivity contribution in [1.29, 1.82) is 5.26 Å². The highest BCUT2D eigenvalue weighted by molar-refractivity contribution is 7.13. The minimum atomic E-state index is -0.465. The molecule has 0 aliphatic carbocycles. The van der Waals surface area contributed by atoms with E-state index >= 15 is 0 Å². The van der Waals surface area contributed by atoms with E-state index in [0.29, 0.717) is 0 Å². The zero-order valence-electron chi connectivity index (χ0n) is 11.2. The monoisotopic (exact) mass is 291 g/mol. The molecule has 0 aliphatic heterocycles. The number of thiophene rings is 1. The van der Waals surface area contributed by atoms with Crippen molar-refractivity contribution < 1.29 is 0 Å². The molecule has 21 heavy (non-hydrogen) atoms. The highest BCUT2D eigenvalue weighted by Crippen LogP contribution is 2.25. The normalized spacial score (nSPS) is 11.6. The predicted molar refractivity (Wildman–Crippen MR) is 86.0 cm³/mol. The van der Waals surface area contributed by atoms with Crippen LogP contribution in [0.3, 0.4) is 0 Å². The van der Waals surface area contributed by atoms with Gasteiger partial charge in [-0.15, -0.1) is 11.3 Å². The first kappa shape index (κ1) is 13.3. The van der Waals surface area contributed by atoms with Gasteiger partial charge in [0.15, 0.2) is 6.04 Å². The van der Waals surface area contributed by atoms with Gasteiger partial charge in [0.2, 0.25) is 0 Å². The highest BCUT2D eigenvalue weighted by atomic mass is 32.1. The Morgan fingerprint density at radius 2 is 1.86 bits per heavy atom. The molecule has 3 nitrogen and oxygen atoms in total. The van der Waals surface area contributed by atoms with E-state index in [1.165, 1.54) is 0 Å². The van der Waals surface area contributed by atoms with Gasteiger partial charge in [-0.1, -0.05) is 30.3 Å². The topological polar surface area (TPSA) is 48.7 Å². The number of anilines is 1. The van der Waals surface area contributed by atoms with Crippen molar-refractivity contribution in [3.05, 3.63) is 71.7 Å². The average molecular weight is 291 g/mol. The average Bonchev–Trinajstić information content (AvgIpc) is 3.08. The summed E-state index contributed by atoms with van der Waals surface area (Å²) in [4.78, 5) is 5.71. The van der Waals surface area contributed by atoms with Gasteiger partial charge in [-0.25, -0.2) is 4.98 Å². The Morgan fingerprint density at radius 3 is 2.57 bits per heavy atom. The van der Waals surface area contributed by atoms with Crippen LogP contribution in [-0.4, -0.2) is 4.98 Å². The number of nitriles is 1. The van der Waals surface area contributed by atoms with Crippen molar-refractivity contribution in [2.24, 2.45) is 0 Å². The molecule has 0 saturated heterocycles. The van der Waals surface area contributed by atoms with E-state index in [1.807, 2.05) is 66.0 Å². The minimum Gasteiger partial charge on any atom is -0.365 e. The molecule has 0 fully saturated rings. The molecule has 0 radical (unpaired) electrons. The van der Waals surface area contributed by atoms with Gasteiger partial charge in [-0.3, -0.25) is 0 Å². The first-order chi connectivity index (χ1) is 10.4. The molecule has 1 N–H and O–H groups in total. The zero-order valence-corrected chi connectivity index (χ0v) is 12.0. The lowest BCUT2D eigenvalue weighted by Gasteiger charge is -2.13. The minimum absolute atomic E-state index is 0.465. The third-order valence-electron chi connectivity index (χ3n) is 3.05. The fourth-order valence-corrected chi connectivity index (χ4v) is 2.74. The summed E-state index contributed by atoms with van der Waals surface area (Å²) in [5.41, 5.74) is 2.54. The first-order valence-electron chi connectivity index (χ1n) is 6.59. The van der Waals surface area contributed by atoms with Crippen LogP contribution in [0, 0.1) is 11.3 Å². The summed E-state index contributed by atoms with van der Waals surface area (Å²) in [6.45, 7) is 0. The summed E-state index contributed by atoms with van der Waals surface area (Å²) in [5.74, 6) is 0. The van der Waals surface area contributed by atoms with Crippen LogP contribution in [0.2, 0.25) is 0 Å². The summed E-state index contributed by atoms with van der Waals surface area (Å²) < 4.78 is 0. The summed E-state index contributed by atoms with van der Waals surface area (Å²) in [6, 6.07) is 21.3. The molecule has 0 aliphatic rings. The number of nitrogens with one attached hydrogen (secondary N) is 1. The summed E-state index contributed by atoms with van der Waals surface area (Å²) >= 11 is 1.64. The van der Waals surface area contributed by atoms with Crippen LogP contribution in [0.25, 0.3) is 10.6 Å². The van der Waals surface area contributed by atoms with Gasteiger partial charge >= 0.3 is 0 Å². The number of nitrogens with zero attached hydrogens (tertiary/aromatic N) is 2. The number of benzene rings is 1. The lowest BCUT2D eigenvalue weighted by molar-refractivity contribution is 0.937. The van der Waals surface area contributed by atoms with Crippen molar-refractivity contribution in [1.82, 2.24) is 4.98 Å². The van der Waals surface area contributed by atoms with Crippen molar-refractivity contribution in [3.63, 3.8) is 0 Å². The third-order valence-corrected chi connectivity index (χ3v) is 3.95. The summed E-state index contributed by atoms with van der Waals surface area (Å²) in [5, 5.41) is 14.6. The Bertz CT molecular complexity index is 745. The molecule has 0 amide bonds. The summed E-state index contributed by atoms with van der Waals surface area (Å²) in [7, 11) is 0. The molecule has 3 aromatic rings. The quantitative estimate of drug-likeness (QED) is 0.770. The molecule has 1 unspecified atom stereocenters. The van der Waals surface area contributed by atoms with E-state index < -0.39 is 6.04 Å². The first-order valence-corrected chi connectivity index (χ1v) is 7.47. The van der Waals surface area contributed by atoms with Crippen molar-refractivity contribution >= 4 is 17.0 Å². The van der Waals surface area contributed by atoms with Crippen molar-refractivity contribution in [3.8, 4) is 16.6 Å². The Hall–Kier alpha value is -2.64. The molecule has 0 bridgehead atoms. The lowest BCUT2D eigenvalue weighted by atomic mass is 10.1. The van der Waals surface area contributed by atoms with Crippen molar-refractivity contribution in [2.75, 3.05) is 5.32 Å². The largest absolute Gasteiger partial charge is 0.365 e. The third kappa shape index (κ3) is 3.10. The highest BCUT2D eigenvalue weighted by Gasteiger charge is 2.13. The molecule has 2 aromatic heterocycles. The number of rotatable bonds is 4. The Kier molecular flexibility index (Phi) is 3.95. The van der Waals surface area contributed by atoms with Crippen LogP contribution >= 0.6 is 11.3 Å². The zero-order chi connectivity index (χ0) is 14.5. The number of hydrogen-bond donors (Lipinski definition) is 1. The number of pyridine rings is 1. The van der Waals surface area contributed by atoms with Crippen LogP contribution in [0.1, 0.15) is 11.7 Å². The maximum absolute atomic E-state index is 9.41. The molecule has 1 aromatic carbocycles. The van der Waals surface area contributed by atoms with E-state index in [9.17, 15) is 5.26 Å². The van der Waals surface area contributed by atoms with Gasteiger partial charge < -0.3 is 5.32 Å². The van der Waals surface area contributed by atoms with Crippen LogP contribution < -0.4 is 5.32 Å². The fraction of sp³-hybridized carbons (Fsp3) is 0.0588. The Balaban J connectivity index is 1.88. The maximum Gasteiger partial charge on any atom is 0.157 e. The fourth-order valence-electron chi connectivity index (χ4n) is 2.05. The van der Waals surface area contributed by atoms with Gasteiger partial charge in [0, 0.05) is 5.69 Å². The molecule has 0 saturated carbocycles. The smallest absolute Gasteiger partial charge is 0.157 e. The molecule has 1 atom stereocenters. The predicted octanol–water partition coefficient (Wildman–Crippen LogP) is 4.49. The number of hydrogen-bond acceptors (Lipinski definition) is 4. The summed E-state index contributed by atoms with van der Waals surface area (Å²) in [6.07, 6.45) is 0. The van der Waals surface area contributed by atoms with Gasteiger partial charge in [-0.2, -0.15) is 5.26 Å². The second kappa shape index (κ2) is 6.21. The van der Waals surface area contributed by atoms with E-state index in [1.54, 1.807) is 11.3 Å². The maximum atomic E-state index is 9.41. The second-order valence-electron chi connectivity index (χ2n) is 4.50. The van der Waals surface area contributed by atoms with Crippen LogP contribution in [0.15, 0.2) is 66.0 Å². The van der Waals surface area contributed by atoms with Gasteiger partial charge in [0.25, 0.3) is 0 Å². The van der Waals surface area contributed by atoms with Crippen LogP contribution in [0.4, 0.5) is 5.69 Å². The molecule has 2 heterocycles. The molecular weight excluding hydrogens is 278 g/mol. The SMILES string of the molecule is N#CC(Nc1ccccc1)c1cccc(-c2cccs2)n1. The molecule has 102 valence electrons. The van der Waals surface area contributed by atoms with E-state index in [4.69, 9.17) is 0 Å². The van der Waals surface area contributed by atoms with Crippen LogP contribution in [0.5, 0.6) is 0 Å². The number of para-hydroxylation sites is 1. The van der Waals surface area contributed by atoms with Crippen LogP contribution in [-0.2, 0) is 0 Å². The second-order valence-corrected chi connectivity index (χ2v) is 5.45. The van der Waals surface area contributed by atoms with E-state index in [-0.39, 0.29) is 0 Å². The standard InChI is InChI=1S/C17H13N3S/c18-12-16(19-13-6-2-1-3-7-13)14-8-4-9-15(20-14)17-10-5-11-21-17/h1-11,16,19H. The lowest BCUT2D eigenvalue weighted by Crippen LogP contribution is -2.10. The van der Waals surface area contributed by atoms with Gasteiger partial charge in [-0.05, 0) is 35.7 Å². The molecule has 0 spiro atoms. The van der Waals surface area contributed by atoms with Gasteiger partial charge in [0.05, 0.1) is 22.3 Å². The molecule has 3 rings (SSSR count). The van der Waals surface area contributed by atoms with E-state index in [2.05, 4.69) is 16.4 Å². The number of aromatic nitrogens is 1. The Labute approximate surface area is 127 Å². The van der Waals surface area contributed by atoms with E-state index in [0.717, 1.165) is 22.0 Å². The molecular formula is C17H13N3S.